The normalized spacial score (nSPS) is 19.9. The number of ether oxygens (including phenoxy) is 2. The van der Waals surface area contributed by atoms with Crippen molar-refractivity contribution in [2.75, 3.05) is 6.54 Å². The summed E-state index contributed by atoms with van der Waals surface area (Å²) in [6.07, 6.45) is 3.25. The first kappa shape index (κ1) is 27.9. The Balaban J connectivity index is 1.42. The lowest BCUT2D eigenvalue weighted by molar-refractivity contribution is 0.00681. The summed E-state index contributed by atoms with van der Waals surface area (Å²) in [5.74, 6) is 0.642. The first-order valence-corrected chi connectivity index (χ1v) is 14.1. The van der Waals surface area contributed by atoms with Crippen LogP contribution in [0.5, 0.6) is 0 Å². The summed E-state index contributed by atoms with van der Waals surface area (Å²) in [6.45, 7) is 11.6. The summed E-state index contributed by atoms with van der Waals surface area (Å²) in [7, 11) is 0. The van der Waals surface area contributed by atoms with Gasteiger partial charge in [-0.25, -0.2) is 9.59 Å². The monoisotopic (exact) mass is 545 g/mol. The van der Waals surface area contributed by atoms with Gasteiger partial charge in [-0.1, -0.05) is 54.0 Å². The SMILES string of the molecule is CC(C)(C)OC(=O)c1ccccc1-c1nc(C2(CN(C(=O)OC(C)(C)C)[C@H]3CC3c3ccccc3)CCC2)no1. The molecular weight excluding hydrogens is 506 g/mol. The zero-order valence-electron chi connectivity index (χ0n) is 24.3. The summed E-state index contributed by atoms with van der Waals surface area (Å²) < 4.78 is 17.2. The molecule has 0 saturated heterocycles. The van der Waals surface area contributed by atoms with E-state index in [9.17, 15) is 9.59 Å². The number of carbonyl (C=O) groups excluding carboxylic acids is 2. The van der Waals surface area contributed by atoms with E-state index in [-0.39, 0.29) is 23.9 Å². The summed E-state index contributed by atoms with van der Waals surface area (Å²) in [5, 5.41) is 4.39. The third-order valence-electron chi connectivity index (χ3n) is 7.47. The second-order valence-corrected chi connectivity index (χ2v) is 13.0. The van der Waals surface area contributed by atoms with Gasteiger partial charge in [-0.05, 0) is 78.5 Å². The Morgan fingerprint density at radius 1 is 0.950 bits per heavy atom. The van der Waals surface area contributed by atoms with E-state index < -0.39 is 22.6 Å². The second-order valence-electron chi connectivity index (χ2n) is 13.0. The summed E-state index contributed by atoms with van der Waals surface area (Å²) >= 11 is 0. The number of nitrogens with zero attached hydrogens (tertiary/aromatic N) is 3. The first-order chi connectivity index (χ1) is 18.9. The maximum Gasteiger partial charge on any atom is 0.410 e. The molecule has 5 rings (SSSR count). The minimum Gasteiger partial charge on any atom is -0.456 e. The first-order valence-electron chi connectivity index (χ1n) is 14.1. The number of amides is 1. The summed E-state index contributed by atoms with van der Waals surface area (Å²) in [4.78, 5) is 33.1. The summed E-state index contributed by atoms with van der Waals surface area (Å²) in [6, 6.07) is 17.4. The van der Waals surface area contributed by atoms with Crippen molar-refractivity contribution in [1.82, 2.24) is 15.0 Å². The lowest BCUT2D eigenvalue weighted by Gasteiger charge is -2.43. The summed E-state index contributed by atoms with van der Waals surface area (Å²) in [5.41, 5.74) is 0.442. The van der Waals surface area contributed by atoms with Crippen LogP contribution in [0.1, 0.15) is 94.9 Å². The van der Waals surface area contributed by atoms with Gasteiger partial charge in [0.2, 0.25) is 0 Å². The molecule has 2 saturated carbocycles. The molecule has 1 amide bonds. The highest BCUT2D eigenvalue weighted by atomic mass is 16.6. The van der Waals surface area contributed by atoms with Gasteiger partial charge in [0.15, 0.2) is 5.82 Å². The van der Waals surface area contributed by atoms with Crippen LogP contribution in [0.15, 0.2) is 59.1 Å². The zero-order valence-corrected chi connectivity index (χ0v) is 24.3. The van der Waals surface area contributed by atoms with Crippen LogP contribution in [-0.2, 0) is 14.9 Å². The lowest BCUT2D eigenvalue weighted by Crippen LogP contribution is -2.50. The Bertz CT molecular complexity index is 1360. The van der Waals surface area contributed by atoms with Gasteiger partial charge >= 0.3 is 12.1 Å². The molecule has 0 spiro atoms. The van der Waals surface area contributed by atoms with Crippen molar-refractivity contribution in [3.05, 3.63) is 71.5 Å². The van der Waals surface area contributed by atoms with Crippen molar-refractivity contribution >= 4 is 12.1 Å². The van der Waals surface area contributed by atoms with E-state index in [2.05, 4.69) is 17.3 Å². The number of benzene rings is 2. The van der Waals surface area contributed by atoms with Crippen molar-refractivity contribution in [3.63, 3.8) is 0 Å². The van der Waals surface area contributed by atoms with Crippen LogP contribution in [0.25, 0.3) is 11.5 Å². The van der Waals surface area contributed by atoms with E-state index in [0.29, 0.717) is 23.5 Å². The van der Waals surface area contributed by atoms with Crippen LogP contribution < -0.4 is 0 Å². The maximum absolute atomic E-state index is 13.5. The molecule has 0 radical (unpaired) electrons. The molecule has 0 bridgehead atoms. The molecule has 1 heterocycles. The number of aromatic nitrogens is 2. The van der Waals surface area contributed by atoms with Crippen molar-refractivity contribution < 1.29 is 23.6 Å². The van der Waals surface area contributed by atoms with Gasteiger partial charge in [0.1, 0.15) is 11.2 Å². The lowest BCUT2D eigenvalue weighted by atomic mass is 9.67. The third-order valence-corrected chi connectivity index (χ3v) is 7.47. The Hall–Kier alpha value is -3.68. The van der Waals surface area contributed by atoms with Crippen molar-refractivity contribution in [2.45, 2.75) is 95.8 Å². The predicted octanol–water partition coefficient (Wildman–Crippen LogP) is 6.91. The van der Waals surface area contributed by atoms with Crippen LogP contribution in [0.2, 0.25) is 0 Å². The molecule has 3 aromatic rings. The van der Waals surface area contributed by atoms with E-state index in [1.807, 2.05) is 70.7 Å². The van der Waals surface area contributed by atoms with Crippen LogP contribution in [0.3, 0.4) is 0 Å². The average molecular weight is 546 g/mol. The molecule has 2 atom stereocenters. The van der Waals surface area contributed by atoms with E-state index in [1.165, 1.54) is 5.56 Å². The number of carbonyl (C=O) groups is 2. The highest BCUT2D eigenvalue weighted by Gasteiger charge is 2.52. The molecule has 2 aliphatic rings. The third kappa shape index (κ3) is 6.06. The minimum atomic E-state index is -0.633. The molecule has 2 aliphatic carbocycles. The molecule has 2 fully saturated rings. The van der Waals surface area contributed by atoms with E-state index >= 15 is 0 Å². The van der Waals surface area contributed by atoms with Crippen LogP contribution >= 0.6 is 0 Å². The zero-order chi connectivity index (χ0) is 28.7. The van der Waals surface area contributed by atoms with E-state index in [4.69, 9.17) is 19.0 Å². The standard InChI is InChI=1S/C32H39N3O5/c1-30(2,3)38-27(36)23-16-11-10-15-22(23)26-33-28(34-40-26)32(17-12-18-32)20-35(29(37)39-31(4,5)6)25-19-24(25)21-13-8-7-9-14-21/h7-11,13-16,24-25H,12,17-20H2,1-6H3/t24?,25-/m0/s1. The van der Waals surface area contributed by atoms with Crippen molar-refractivity contribution in [3.8, 4) is 11.5 Å². The Labute approximate surface area is 236 Å². The number of hydrogen-bond acceptors (Lipinski definition) is 7. The van der Waals surface area contributed by atoms with Crippen LogP contribution in [0.4, 0.5) is 4.79 Å². The van der Waals surface area contributed by atoms with Gasteiger partial charge in [-0.3, -0.25) is 0 Å². The smallest absolute Gasteiger partial charge is 0.410 e. The van der Waals surface area contributed by atoms with Gasteiger partial charge < -0.3 is 18.9 Å². The number of rotatable bonds is 7. The highest BCUT2D eigenvalue weighted by Crippen LogP contribution is 2.49. The fourth-order valence-corrected chi connectivity index (χ4v) is 5.33. The molecule has 0 N–H and O–H groups in total. The maximum atomic E-state index is 13.5. The Morgan fingerprint density at radius 2 is 1.60 bits per heavy atom. The number of hydrogen-bond donors (Lipinski definition) is 0. The average Bonchev–Trinajstić information content (AvgIpc) is 3.49. The topological polar surface area (TPSA) is 94.8 Å². The molecule has 212 valence electrons. The fraction of sp³-hybridized carbons (Fsp3) is 0.500. The molecule has 0 aliphatic heterocycles. The molecular formula is C32H39N3O5. The largest absolute Gasteiger partial charge is 0.456 e. The molecule has 8 nitrogen and oxygen atoms in total. The van der Waals surface area contributed by atoms with Crippen LogP contribution in [0, 0.1) is 0 Å². The van der Waals surface area contributed by atoms with Crippen molar-refractivity contribution in [1.29, 1.82) is 0 Å². The molecule has 40 heavy (non-hydrogen) atoms. The fourth-order valence-electron chi connectivity index (χ4n) is 5.33. The Morgan fingerprint density at radius 3 is 2.23 bits per heavy atom. The predicted molar refractivity (Wildman–Crippen MR) is 151 cm³/mol. The highest BCUT2D eigenvalue weighted by molar-refractivity contribution is 5.96. The molecule has 1 aromatic heterocycles. The Kier molecular flexibility index (Phi) is 7.23. The van der Waals surface area contributed by atoms with Gasteiger partial charge in [-0.2, -0.15) is 4.98 Å². The quantitative estimate of drug-likeness (QED) is 0.298. The molecule has 1 unspecified atom stereocenters. The van der Waals surface area contributed by atoms with Gasteiger partial charge in [0.25, 0.3) is 5.89 Å². The number of esters is 1. The molecule has 8 heteroatoms. The van der Waals surface area contributed by atoms with Crippen LogP contribution in [-0.4, -0.2) is 50.9 Å². The van der Waals surface area contributed by atoms with Gasteiger partial charge in [0.05, 0.1) is 16.5 Å². The molecule has 2 aromatic carbocycles. The van der Waals surface area contributed by atoms with E-state index in [1.54, 1.807) is 18.2 Å². The van der Waals surface area contributed by atoms with Gasteiger partial charge in [-0.15, -0.1) is 0 Å². The van der Waals surface area contributed by atoms with Crippen molar-refractivity contribution in [2.24, 2.45) is 0 Å². The van der Waals surface area contributed by atoms with E-state index in [0.717, 1.165) is 25.7 Å². The second kappa shape index (κ2) is 10.4. The van der Waals surface area contributed by atoms with Gasteiger partial charge in [0, 0.05) is 18.5 Å². The minimum absolute atomic E-state index is 0.0500.